The maximum absolute atomic E-state index is 12.9. The van der Waals surface area contributed by atoms with Gasteiger partial charge in [0.15, 0.2) is 0 Å². The lowest BCUT2D eigenvalue weighted by Crippen LogP contribution is -2.40. The topological polar surface area (TPSA) is 32.3 Å². The van der Waals surface area contributed by atoms with Gasteiger partial charge in [-0.05, 0) is 25.0 Å². The summed E-state index contributed by atoms with van der Waals surface area (Å²) in [5.41, 5.74) is -0.228. The number of carbonyl (C=O) groups is 1. The van der Waals surface area contributed by atoms with E-state index in [1.54, 1.807) is 0 Å². The number of halogens is 3. The zero-order valence-corrected chi connectivity index (χ0v) is 9.42. The standard InChI is InChI=1S/C12H11F3N2O/c13-12(14,15)9-2-1-3-10-8(9)6-17(7-4-5-7)11(18)16-10/h1-3,7H,4-6H2,(H,16,18). The Morgan fingerprint density at radius 2 is 2.00 bits per heavy atom. The van der Waals surface area contributed by atoms with E-state index in [4.69, 9.17) is 0 Å². The minimum atomic E-state index is -4.39. The number of nitrogens with zero attached hydrogens (tertiary/aromatic N) is 1. The van der Waals surface area contributed by atoms with Crippen molar-refractivity contribution >= 4 is 11.7 Å². The predicted molar refractivity (Wildman–Crippen MR) is 59.0 cm³/mol. The first-order chi connectivity index (χ1) is 8.47. The molecule has 0 unspecified atom stereocenters. The molecule has 2 amide bonds. The lowest BCUT2D eigenvalue weighted by molar-refractivity contribution is -0.138. The van der Waals surface area contributed by atoms with Gasteiger partial charge in [-0.15, -0.1) is 0 Å². The van der Waals surface area contributed by atoms with Gasteiger partial charge < -0.3 is 10.2 Å². The third-order valence-electron chi connectivity index (χ3n) is 3.30. The van der Waals surface area contributed by atoms with E-state index in [9.17, 15) is 18.0 Å². The van der Waals surface area contributed by atoms with Crippen molar-refractivity contribution in [3.63, 3.8) is 0 Å². The van der Waals surface area contributed by atoms with Crippen LogP contribution in [0.4, 0.5) is 23.7 Å². The van der Waals surface area contributed by atoms with Crippen LogP contribution in [0, 0.1) is 0 Å². The van der Waals surface area contributed by atoms with Crippen molar-refractivity contribution in [2.75, 3.05) is 5.32 Å². The molecule has 1 aromatic rings. The molecule has 0 atom stereocenters. The van der Waals surface area contributed by atoms with E-state index in [-0.39, 0.29) is 29.9 Å². The molecule has 1 N–H and O–H groups in total. The van der Waals surface area contributed by atoms with Crippen LogP contribution in [0.15, 0.2) is 18.2 Å². The molecule has 6 heteroatoms. The molecule has 1 saturated carbocycles. The van der Waals surface area contributed by atoms with E-state index in [1.165, 1.54) is 17.0 Å². The Morgan fingerprint density at radius 1 is 1.28 bits per heavy atom. The van der Waals surface area contributed by atoms with E-state index in [1.807, 2.05) is 0 Å². The van der Waals surface area contributed by atoms with Gasteiger partial charge in [-0.25, -0.2) is 4.79 Å². The summed E-state index contributed by atoms with van der Waals surface area (Å²) in [5.74, 6) is 0. The van der Waals surface area contributed by atoms with E-state index in [0.29, 0.717) is 0 Å². The molecule has 1 aromatic carbocycles. The lowest BCUT2D eigenvalue weighted by Gasteiger charge is -2.31. The summed E-state index contributed by atoms with van der Waals surface area (Å²) in [6.45, 7) is 0.0432. The van der Waals surface area contributed by atoms with Gasteiger partial charge in [0, 0.05) is 17.3 Å². The largest absolute Gasteiger partial charge is 0.416 e. The van der Waals surface area contributed by atoms with Gasteiger partial charge in [-0.2, -0.15) is 13.2 Å². The first-order valence-corrected chi connectivity index (χ1v) is 5.73. The zero-order chi connectivity index (χ0) is 12.9. The number of carbonyl (C=O) groups excluding carboxylic acids is 1. The minimum absolute atomic E-state index is 0.0432. The SMILES string of the molecule is O=C1Nc2cccc(C(F)(F)F)c2CN1C1CC1. The van der Waals surface area contributed by atoms with E-state index < -0.39 is 11.7 Å². The predicted octanol–water partition coefficient (Wildman–Crippen LogP) is 3.22. The van der Waals surface area contributed by atoms with E-state index in [2.05, 4.69) is 5.32 Å². The molecule has 1 aliphatic heterocycles. The van der Waals surface area contributed by atoms with E-state index in [0.717, 1.165) is 18.9 Å². The van der Waals surface area contributed by atoms with Gasteiger partial charge in [0.1, 0.15) is 0 Å². The summed E-state index contributed by atoms with van der Waals surface area (Å²) in [5, 5.41) is 2.53. The highest BCUT2D eigenvalue weighted by atomic mass is 19.4. The Hall–Kier alpha value is -1.72. The highest BCUT2D eigenvalue weighted by Gasteiger charge is 2.40. The summed E-state index contributed by atoms with van der Waals surface area (Å²) < 4.78 is 38.7. The van der Waals surface area contributed by atoms with Gasteiger partial charge in [0.2, 0.25) is 0 Å². The monoisotopic (exact) mass is 256 g/mol. The molecular formula is C12H11F3N2O. The molecule has 1 aliphatic carbocycles. The van der Waals surface area contributed by atoms with Crippen LogP contribution >= 0.6 is 0 Å². The summed E-state index contributed by atoms with van der Waals surface area (Å²) >= 11 is 0. The molecule has 0 aromatic heterocycles. The molecule has 18 heavy (non-hydrogen) atoms. The molecule has 96 valence electrons. The Bertz CT molecular complexity index is 509. The summed E-state index contributed by atoms with van der Waals surface area (Å²) in [6.07, 6.45) is -2.64. The lowest BCUT2D eigenvalue weighted by atomic mass is 10.0. The van der Waals surface area contributed by atoms with Gasteiger partial charge in [-0.1, -0.05) is 6.07 Å². The number of hydrogen-bond donors (Lipinski definition) is 1. The molecule has 3 nitrogen and oxygen atoms in total. The van der Waals surface area contributed by atoms with Crippen LogP contribution in [-0.4, -0.2) is 17.0 Å². The molecule has 2 aliphatic rings. The van der Waals surface area contributed by atoms with Crippen LogP contribution in [0.2, 0.25) is 0 Å². The van der Waals surface area contributed by atoms with Gasteiger partial charge in [-0.3, -0.25) is 0 Å². The number of hydrogen-bond acceptors (Lipinski definition) is 1. The van der Waals surface area contributed by atoms with Crippen molar-refractivity contribution < 1.29 is 18.0 Å². The molecule has 1 fully saturated rings. The summed E-state index contributed by atoms with van der Waals surface area (Å²) in [7, 11) is 0. The van der Waals surface area contributed by atoms with Crippen molar-refractivity contribution in [2.24, 2.45) is 0 Å². The highest BCUT2D eigenvalue weighted by Crippen LogP contribution is 2.39. The molecule has 3 rings (SSSR count). The molecule has 1 heterocycles. The average molecular weight is 256 g/mol. The van der Waals surface area contributed by atoms with Crippen molar-refractivity contribution in [3.05, 3.63) is 29.3 Å². The third-order valence-corrected chi connectivity index (χ3v) is 3.30. The van der Waals surface area contributed by atoms with Gasteiger partial charge >= 0.3 is 12.2 Å². The summed E-state index contributed by atoms with van der Waals surface area (Å²) in [4.78, 5) is 13.2. The van der Waals surface area contributed by atoms with Crippen molar-refractivity contribution in [1.29, 1.82) is 0 Å². The molecule has 0 saturated heterocycles. The van der Waals surface area contributed by atoms with Crippen molar-refractivity contribution in [3.8, 4) is 0 Å². The van der Waals surface area contributed by atoms with Crippen LogP contribution in [0.5, 0.6) is 0 Å². The fraction of sp³-hybridized carbons (Fsp3) is 0.417. The van der Waals surface area contributed by atoms with Crippen LogP contribution in [0.3, 0.4) is 0 Å². The molecule has 0 spiro atoms. The second-order valence-corrected chi connectivity index (χ2v) is 4.62. The van der Waals surface area contributed by atoms with Crippen LogP contribution in [-0.2, 0) is 12.7 Å². The number of amides is 2. The van der Waals surface area contributed by atoms with Crippen LogP contribution < -0.4 is 5.32 Å². The van der Waals surface area contributed by atoms with Crippen LogP contribution in [0.25, 0.3) is 0 Å². The fourth-order valence-corrected chi connectivity index (χ4v) is 2.25. The zero-order valence-electron chi connectivity index (χ0n) is 9.42. The fourth-order valence-electron chi connectivity index (χ4n) is 2.25. The second-order valence-electron chi connectivity index (χ2n) is 4.62. The highest BCUT2D eigenvalue weighted by molar-refractivity contribution is 5.93. The first kappa shape index (κ1) is 11.4. The molecule has 0 bridgehead atoms. The quantitative estimate of drug-likeness (QED) is 0.822. The van der Waals surface area contributed by atoms with Gasteiger partial charge in [0.05, 0.1) is 12.1 Å². The van der Waals surface area contributed by atoms with E-state index >= 15 is 0 Å². The number of rotatable bonds is 1. The number of alkyl halides is 3. The number of benzene rings is 1. The summed E-state index contributed by atoms with van der Waals surface area (Å²) in [6, 6.07) is 3.67. The number of fused-ring (bicyclic) bond motifs is 1. The number of anilines is 1. The third kappa shape index (κ3) is 1.81. The number of nitrogens with one attached hydrogen (secondary N) is 1. The smallest absolute Gasteiger partial charge is 0.317 e. The maximum Gasteiger partial charge on any atom is 0.416 e. The molecule has 0 radical (unpaired) electrons. The Morgan fingerprint density at radius 3 is 2.61 bits per heavy atom. The number of urea groups is 1. The second kappa shape index (κ2) is 3.63. The van der Waals surface area contributed by atoms with Crippen molar-refractivity contribution in [1.82, 2.24) is 4.90 Å². The Labute approximate surface area is 102 Å². The first-order valence-electron chi connectivity index (χ1n) is 5.73. The minimum Gasteiger partial charge on any atom is -0.317 e. The van der Waals surface area contributed by atoms with Gasteiger partial charge in [0.25, 0.3) is 0 Å². The maximum atomic E-state index is 12.9. The molecular weight excluding hydrogens is 245 g/mol. The average Bonchev–Trinajstić information content (AvgIpc) is 3.09. The van der Waals surface area contributed by atoms with Crippen molar-refractivity contribution in [2.45, 2.75) is 31.6 Å². The Balaban J connectivity index is 2.03. The van der Waals surface area contributed by atoms with Crippen LogP contribution in [0.1, 0.15) is 24.0 Å². The Kier molecular flexibility index (Phi) is 2.30. The normalized spacial score (nSPS) is 19.5.